The van der Waals surface area contributed by atoms with Gasteiger partial charge in [-0.3, -0.25) is 0 Å². The van der Waals surface area contributed by atoms with E-state index in [0.29, 0.717) is 0 Å². The molecule has 12 heavy (non-hydrogen) atoms. The molecule has 2 nitrogen and oxygen atoms in total. The number of hydrogen-bond donors (Lipinski definition) is 2. The molecule has 0 aliphatic rings. The first-order valence-corrected chi connectivity index (χ1v) is 3.58. The van der Waals surface area contributed by atoms with E-state index < -0.39 is 0 Å². The lowest BCUT2D eigenvalue weighted by molar-refractivity contribution is 0.579. The molecule has 0 saturated heterocycles. The fourth-order valence-electron chi connectivity index (χ4n) is 0. The molecule has 0 aromatic heterocycles. The Morgan fingerprint density at radius 1 is 0.583 bits per heavy atom. The van der Waals surface area contributed by atoms with Crippen LogP contribution in [0.4, 0.5) is 0 Å². The molecule has 0 spiro atoms. The van der Waals surface area contributed by atoms with Crippen molar-refractivity contribution in [3.63, 3.8) is 0 Å². The van der Waals surface area contributed by atoms with Crippen LogP contribution in [0.1, 0.15) is 41.5 Å². The van der Waals surface area contributed by atoms with Crippen LogP contribution in [0.5, 0.6) is 0 Å². The van der Waals surface area contributed by atoms with Crippen LogP contribution in [0.25, 0.3) is 0 Å². The standard InChI is InChI=1S/2C4H11N.2ClH/c2*1-4(2,3)5;;/h2*5H2,1-3H3;2*1H. The van der Waals surface area contributed by atoms with Gasteiger partial charge in [0.25, 0.3) is 0 Å². The van der Waals surface area contributed by atoms with E-state index in [-0.39, 0.29) is 35.9 Å². The van der Waals surface area contributed by atoms with Gasteiger partial charge >= 0.3 is 0 Å². The van der Waals surface area contributed by atoms with Crippen LogP contribution in [-0.2, 0) is 0 Å². The van der Waals surface area contributed by atoms with Gasteiger partial charge in [0.2, 0.25) is 0 Å². The second-order valence-corrected chi connectivity index (χ2v) is 4.73. The lowest BCUT2D eigenvalue weighted by Crippen LogP contribution is -2.26. The molecule has 0 radical (unpaired) electrons. The Balaban J connectivity index is -0.0000000457. The monoisotopic (exact) mass is 218 g/mol. The summed E-state index contributed by atoms with van der Waals surface area (Å²) in [6.45, 7) is 11.8. The fraction of sp³-hybridized carbons (Fsp3) is 1.00. The van der Waals surface area contributed by atoms with Crippen molar-refractivity contribution >= 4 is 24.8 Å². The van der Waals surface area contributed by atoms with Gasteiger partial charge in [0.05, 0.1) is 0 Å². The van der Waals surface area contributed by atoms with E-state index >= 15 is 0 Å². The molecule has 4 N–H and O–H groups in total. The molecule has 0 aliphatic carbocycles. The Bertz CT molecular complexity index is 58.0. The first-order chi connectivity index (χ1) is 4.00. The van der Waals surface area contributed by atoms with Crippen molar-refractivity contribution in [3.8, 4) is 0 Å². The Labute approximate surface area is 89.3 Å². The number of hydrogen-bond acceptors (Lipinski definition) is 2. The molecule has 0 aromatic carbocycles. The van der Waals surface area contributed by atoms with Gasteiger partial charge in [0, 0.05) is 11.1 Å². The van der Waals surface area contributed by atoms with Crippen LogP contribution in [0.15, 0.2) is 0 Å². The molecule has 0 atom stereocenters. The van der Waals surface area contributed by atoms with Crippen LogP contribution in [-0.4, -0.2) is 11.1 Å². The van der Waals surface area contributed by atoms with Crippen molar-refractivity contribution in [2.24, 2.45) is 11.5 Å². The van der Waals surface area contributed by atoms with Gasteiger partial charge < -0.3 is 11.5 Å². The van der Waals surface area contributed by atoms with Crippen molar-refractivity contribution in [3.05, 3.63) is 0 Å². The van der Waals surface area contributed by atoms with Gasteiger partial charge in [-0.25, -0.2) is 0 Å². The molecule has 0 rings (SSSR count). The summed E-state index contributed by atoms with van der Waals surface area (Å²) < 4.78 is 0. The van der Waals surface area contributed by atoms with E-state index in [1.54, 1.807) is 0 Å². The molecule has 0 fully saturated rings. The third-order valence-corrected chi connectivity index (χ3v) is 0. The molecule has 0 bridgehead atoms. The van der Waals surface area contributed by atoms with Gasteiger partial charge in [-0.1, -0.05) is 0 Å². The zero-order valence-corrected chi connectivity index (χ0v) is 10.6. The van der Waals surface area contributed by atoms with E-state index in [9.17, 15) is 0 Å². The summed E-state index contributed by atoms with van der Waals surface area (Å²) in [5.41, 5.74) is 10.7. The number of halogens is 2. The first kappa shape index (κ1) is 22.9. The summed E-state index contributed by atoms with van der Waals surface area (Å²) in [6, 6.07) is 0. The highest BCUT2D eigenvalue weighted by molar-refractivity contribution is 5.85. The fourth-order valence-corrected chi connectivity index (χ4v) is 0. The highest BCUT2D eigenvalue weighted by atomic mass is 35.5. The molecule has 80 valence electrons. The lowest BCUT2D eigenvalue weighted by atomic mass is 10.1. The van der Waals surface area contributed by atoms with Crippen molar-refractivity contribution in [2.45, 2.75) is 52.6 Å². The average molecular weight is 219 g/mol. The summed E-state index contributed by atoms with van der Waals surface area (Å²) in [5, 5.41) is 0. The number of nitrogens with two attached hydrogens (primary N) is 2. The summed E-state index contributed by atoms with van der Waals surface area (Å²) in [4.78, 5) is 0. The van der Waals surface area contributed by atoms with E-state index in [4.69, 9.17) is 11.5 Å². The molecular formula is C8H24Cl2N2. The van der Waals surface area contributed by atoms with Crippen LogP contribution >= 0.6 is 24.8 Å². The second kappa shape index (κ2) is 8.11. The van der Waals surface area contributed by atoms with Crippen molar-refractivity contribution in [1.82, 2.24) is 0 Å². The van der Waals surface area contributed by atoms with Crippen LogP contribution in [0, 0.1) is 0 Å². The van der Waals surface area contributed by atoms with Crippen molar-refractivity contribution in [1.29, 1.82) is 0 Å². The summed E-state index contributed by atoms with van der Waals surface area (Å²) >= 11 is 0. The molecular weight excluding hydrogens is 195 g/mol. The molecule has 0 heterocycles. The summed E-state index contributed by atoms with van der Waals surface area (Å²) in [5.74, 6) is 0. The Hall–Kier alpha value is 0.500. The normalized spacial score (nSPS) is 10.0. The summed E-state index contributed by atoms with van der Waals surface area (Å²) in [6.07, 6.45) is 0. The van der Waals surface area contributed by atoms with Gasteiger partial charge in [0.15, 0.2) is 0 Å². The molecule has 0 unspecified atom stereocenters. The maximum Gasteiger partial charge on any atom is 0.00686 e. The Morgan fingerprint density at radius 2 is 0.583 bits per heavy atom. The smallest absolute Gasteiger partial charge is 0.00686 e. The minimum absolute atomic E-state index is 0. The zero-order valence-electron chi connectivity index (χ0n) is 8.97. The molecule has 0 amide bonds. The van der Waals surface area contributed by atoms with Crippen LogP contribution in [0.3, 0.4) is 0 Å². The predicted molar refractivity (Wildman–Crippen MR) is 62.4 cm³/mol. The van der Waals surface area contributed by atoms with Gasteiger partial charge in [-0.15, -0.1) is 24.8 Å². The van der Waals surface area contributed by atoms with Gasteiger partial charge in [-0.05, 0) is 41.5 Å². The third kappa shape index (κ3) is 3790. The van der Waals surface area contributed by atoms with Crippen molar-refractivity contribution in [2.75, 3.05) is 0 Å². The maximum absolute atomic E-state index is 5.35. The van der Waals surface area contributed by atoms with Crippen LogP contribution < -0.4 is 11.5 Å². The average Bonchev–Trinajstić information content (AvgIpc) is 1.12. The molecule has 0 aliphatic heterocycles. The van der Waals surface area contributed by atoms with E-state index in [2.05, 4.69) is 0 Å². The predicted octanol–water partition coefficient (Wildman–Crippen LogP) is 2.33. The topological polar surface area (TPSA) is 52.0 Å². The highest BCUT2D eigenvalue weighted by Gasteiger charge is 1.95. The van der Waals surface area contributed by atoms with E-state index in [1.807, 2.05) is 41.5 Å². The van der Waals surface area contributed by atoms with Gasteiger partial charge in [0.1, 0.15) is 0 Å². The first-order valence-electron chi connectivity index (χ1n) is 3.58. The highest BCUT2D eigenvalue weighted by Crippen LogP contribution is 1.88. The maximum atomic E-state index is 5.35. The van der Waals surface area contributed by atoms with Crippen molar-refractivity contribution < 1.29 is 0 Å². The number of rotatable bonds is 0. The van der Waals surface area contributed by atoms with Gasteiger partial charge in [-0.2, -0.15) is 0 Å². The molecule has 4 heteroatoms. The third-order valence-electron chi connectivity index (χ3n) is 0. The Kier molecular flexibility index (Phi) is 15.5. The minimum atomic E-state index is 0. The lowest BCUT2D eigenvalue weighted by Gasteiger charge is -2.06. The Morgan fingerprint density at radius 3 is 0.583 bits per heavy atom. The summed E-state index contributed by atoms with van der Waals surface area (Å²) in [7, 11) is 0. The minimum Gasteiger partial charge on any atom is -0.326 e. The largest absolute Gasteiger partial charge is 0.326 e. The van der Waals surface area contributed by atoms with Crippen LogP contribution in [0.2, 0.25) is 0 Å². The molecule has 0 saturated carbocycles. The quantitative estimate of drug-likeness (QED) is 0.657. The van der Waals surface area contributed by atoms with E-state index in [0.717, 1.165) is 0 Å². The SMILES string of the molecule is CC(C)(C)N.CC(C)(C)N.Cl.Cl. The van der Waals surface area contributed by atoms with E-state index in [1.165, 1.54) is 0 Å². The second-order valence-electron chi connectivity index (χ2n) is 4.73. The zero-order chi connectivity index (χ0) is 9.00. The molecule has 0 aromatic rings.